The van der Waals surface area contributed by atoms with Crippen LogP contribution in [0, 0.1) is 5.92 Å². The monoisotopic (exact) mass is 321 g/mol. The van der Waals surface area contributed by atoms with E-state index in [4.69, 9.17) is 0 Å². The third-order valence-corrected chi connectivity index (χ3v) is 4.90. The molecule has 1 saturated carbocycles. The standard InChI is InChI=1S/C19H23N5/c1-3-7-15(8-4-1)11-12-20-18-13-17(16-9-5-2-6-10-16)23-19-21-14-22-24(18)19/h2,5-6,9-10,13-15,20H,1,3-4,7-8,11-12H2. The molecule has 0 amide bonds. The Kier molecular flexibility index (Phi) is 4.40. The average Bonchev–Trinajstić information content (AvgIpc) is 3.12. The Labute approximate surface area is 142 Å². The van der Waals surface area contributed by atoms with Gasteiger partial charge < -0.3 is 5.32 Å². The zero-order valence-electron chi connectivity index (χ0n) is 13.9. The van der Waals surface area contributed by atoms with E-state index in [1.54, 1.807) is 10.8 Å². The molecule has 1 fully saturated rings. The van der Waals surface area contributed by atoms with Gasteiger partial charge in [-0.15, -0.1) is 0 Å². The smallest absolute Gasteiger partial charge is 0.254 e. The molecule has 124 valence electrons. The molecule has 3 aromatic rings. The van der Waals surface area contributed by atoms with Crippen molar-refractivity contribution in [3.05, 3.63) is 42.7 Å². The highest BCUT2D eigenvalue weighted by atomic mass is 15.3. The largest absolute Gasteiger partial charge is 0.370 e. The van der Waals surface area contributed by atoms with Crippen molar-refractivity contribution in [1.82, 2.24) is 19.6 Å². The van der Waals surface area contributed by atoms with E-state index < -0.39 is 0 Å². The van der Waals surface area contributed by atoms with Crippen LogP contribution in [0.25, 0.3) is 17.0 Å². The lowest BCUT2D eigenvalue weighted by atomic mass is 9.87. The van der Waals surface area contributed by atoms with Crippen molar-refractivity contribution in [3.63, 3.8) is 0 Å². The van der Waals surface area contributed by atoms with Crippen LogP contribution in [-0.2, 0) is 0 Å². The van der Waals surface area contributed by atoms with E-state index in [2.05, 4.69) is 38.6 Å². The minimum atomic E-state index is 0.636. The predicted molar refractivity (Wildman–Crippen MR) is 95.9 cm³/mol. The number of hydrogen-bond donors (Lipinski definition) is 1. The van der Waals surface area contributed by atoms with Gasteiger partial charge in [0.05, 0.1) is 5.69 Å². The second kappa shape index (κ2) is 6.99. The summed E-state index contributed by atoms with van der Waals surface area (Å²) in [6.07, 6.45) is 9.74. The SMILES string of the molecule is c1ccc(-c2cc(NCCC3CCCCC3)n3ncnc3n2)cc1. The van der Waals surface area contributed by atoms with Crippen LogP contribution in [0.5, 0.6) is 0 Å². The second-order valence-electron chi connectivity index (χ2n) is 6.58. The molecule has 1 aliphatic rings. The van der Waals surface area contributed by atoms with Gasteiger partial charge in [-0.05, 0) is 12.3 Å². The van der Waals surface area contributed by atoms with Crippen molar-refractivity contribution >= 4 is 11.6 Å². The van der Waals surface area contributed by atoms with Gasteiger partial charge in [0, 0.05) is 18.2 Å². The Balaban J connectivity index is 1.54. The van der Waals surface area contributed by atoms with Crippen LogP contribution in [0.1, 0.15) is 38.5 Å². The van der Waals surface area contributed by atoms with E-state index in [9.17, 15) is 0 Å². The summed E-state index contributed by atoms with van der Waals surface area (Å²) >= 11 is 0. The molecule has 24 heavy (non-hydrogen) atoms. The number of nitrogens with one attached hydrogen (secondary N) is 1. The van der Waals surface area contributed by atoms with Crippen molar-refractivity contribution < 1.29 is 0 Å². The lowest BCUT2D eigenvalue weighted by molar-refractivity contribution is 0.345. The molecule has 1 N–H and O–H groups in total. The Morgan fingerprint density at radius 2 is 1.92 bits per heavy atom. The Morgan fingerprint density at radius 1 is 1.08 bits per heavy atom. The molecule has 2 heterocycles. The van der Waals surface area contributed by atoms with Gasteiger partial charge in [-0.3, -0.25) is 0 Å². The third kappa shape index (κ3) is 3.25. The van der Waals surface area contributed by atoms with E-state index >= 15 is 0 Å². The number of rotatable bonds is 5. The highest BCUT2D eigenvalue weighted by molar-refractivity contribution is 5.65. The number of fused-ring (bicyclic) bond motifs is 1. The first kappa shape index (κ1) is 15.1. The van der Waals surface area contributed by atoms with Crippen molar-refractivity contribution in [2.24, 2.45) is 5.92 Å². The Hall–Kier alpha value is -2.43. The van der Waals surface area contributed by atoms with Crippen molar-refractivity contribution in [2.75, 3.05) is 11.9 Å². The zero-order chi connectivity index (χ0) is 16.2. The van der Waals surface area contributed by atoms with Gasteiger partial charge >= 0.3 is 0 Å². The number of hydrogen-bond acceptors (Lipinski definition) is 4. The molecule has 0 radical (unpaired) electrons. The molecule has 0 atom stereocenters. The topological polar surface area (TPSA) is 55.1 Å². The maximum absolute atomic E-state index is 4.61. The molecule has 5 nitrogen and oxygen atoms in total. The molecule has 4 rings (SSSR count). The van der Waals surface area contributed by atoms with Crippen LogP contribution in [-0.4, -0.2) is 26.1 Å². The molecule has 2 aromatic heterocycles. The van der Waals surface area contributed by atoms with Gasteiger partial charge in [0.2, 0.25) is 0 Å². The maximum atomic E-state index is 4.61. The molecule has 5 heteroatoms. The Bertz CT molecular complexity index is 790. The first-order valence-electron chi connectivity index (χ1n) is 8.90. The third-order valence-electron chi connectivity index (χ3n) is 4.90. The lowest BCUT2D eigenvalue weighted by Gasteiger charge is -2.21. The van der Waals surface area contributed by atoms with Gasteiger partial charge in [0.15, 0.2) is 0 Å². The van der Waals surface area contributed by atoms with E-state index in [0.717, 1.165) is 29.5 Å². The molecule has 0 aliphatic heterocycles. The predicted octanol–water partition coefficient (Wildman–Crippen LogP) is 4.17. The average molecular weight is 321 g/mol. The van der Waals surface area contributed by atoms with Crippen LogP contribution >= 0.6 is 0 Å². The first-order valence-corrected chi connectivity index (χ1v) is 8.90. The van der Waals surface area contributed by atoms with Crippen LogP contribution < -0.4 is 5.32 Å². The fourth-order valence-corrected chi connectivity index (χ4v) is 3.58. The van der Waals surface area contributed by atoms with Gasteiger partial charge in [0.25, 0.3) is 5.78 Å². The highest BCUT2D eigenvalue weighted by Gasteiger charge is 2.14. The van der Waals surface area contributed by atoms with Crippen molar-refractivity contribution in [1.29, 1.82) is 0 Å². The molecule has 1 aromatic carbocycles. The fourth-order valence-electron chi connectivity index (χ4n) is 3.58. The summed E-state index contributed by atoms with van der Waals surface area (Å²) < 4.78 is 1.79. The molecular weight excluding hydrogens is 298 g/mol. The second-order valence-corrected chi connectivity index (χ2v) is 6.58. The molecule has 0 bridgehead atoms. The normalized spacial score (nSPS) is 15.7. The summed E-state index contributed by atoms with van der Waals surface area (Å²) in [7, 11) is 0. The summed E-state index contributed by atoms with van der Waals surface area (Å²) in [6.45, 7) is 0.970. The number of benzene rings is 1. The van der Waals surface area contributed by atoms with Crippen LogP contribution in [0.4, 0.5) is 5.82 Å². The zero-order valence-corrected chi connectivity index (χ0v) is 13.9. The lowest BCUT2D eigenvalue weighted by Crippen LogP contribution is -2.14. The summed E-state index contributed by atoms with van der Waals surface area (Å²) in [5.74, 6) is 2.47. The first-order chi connectivity index (χ1) is 11.9. The number of nitrogens with zero attached hydrogens (tertiary/aromatic N) is 4. The van der Waals surface area contributed by atoms with Gasteiger partial charge in [-0.2, -0.15) is 14.6 Å². The number of anilines is 1. The van der Waals surface area contributed by atoms with Crippen molar-refractivity contribution in [3.8, 4) is 11.3 Å². The highest BCUT2D eigenvalue weighted by Crippen LogP contribution is 2.26. The molecule has 0 saturated heterocycles. The van der Waals surface area contributed by atoms with E-state index in [1.165, 1.54) is 38.5 Å². The van der Waals surface area contributed by atoms with E-state index in [-0.39, 0.29) is 0 Å². The van der Waals surface area contributed by atoms with Crippen LogP contribution in [0.3, 0.4) is 0 Å². The minimum absolute atomic E-state index is 0.636. The molecule has 1 aliphatic carbocycles. The molecular formula is C19H23N5. The van der Waals surface area contributed by atoms with E-state index in [0.29, 0.717) is 5.78 Å². The van der Waals surface area contributed by atoms with Crippen LogP contribution in [0.2, 0.25) is 0 Å². The van der Waals surface area contributed by atoms with Crippen LogP contribution in [0.15, 0.2) is 42.7 Å². The quantitative estimate of drug-likeness (QED) is 0.766. The fraction of sp³-hybridized carbons (Fsp3) is 0.421. The van der Waals surface area contributed by atoms with Gasteiger partial charge in [-0.1, -0.05) is 62.4 Å². The summed E-state index contributed by atoms with van der Waals surface area (Å²) in [5, 5.41) is 7.85. The minimum Gasteiger partial charge on any atom is -0.370 e. The van der Waals surface area contributed by atoms with Gasteiger partial charge in [-0.25, -0.2) is 4.98 Å². The summed E-state index contributed by atoms with van der Waals surface area (Å²) in [6, 6.07) is 12.3. The number of aromatic nitrogens is 4. The molecule has 0 unspecified atom stereocenters. The summed E-state index contributed by atoms with van der Waals surface area (Å²) in [4.78, 5) is 8.88. The Morgan fingerprint density at radius 3 is 2.75 bits per heavy atom. The van der Waals surface area contributed by atoms with Crippen molar-refractivity contribution in [2.45, 2.75) is 38.5 Å². The molecule has 0 spiro atoms. The maximum Gasteiger partial charge on any atom is 0.254 e. The summed E-state index contributed by atoms with van der Waals surface area (Å²) in [5.41, 5.74) is 2.02. The van der Waals surface area contributed by atoms with E-state index in [1.807, 2.05) is 18.2 Å². The van der Waals surface area contributed by atoms with Gasteiger partial charge in [0.1, 0.15) is 12.1 Å².